The summed E-state index contributed by atoms with van der Waals surface area (Å²) in [7, 11) is 1.57. The number of ether oxygens (including phenoxy) is 1. The number of nitrogens with one attached hydrogen (secondary N) is 2. The highest BCUT2D eigenvalue weighted by molar-refractivity contribution is 7.80. The summed E-state index contributed by atoms with van der Waals surface area (Å²) >= 11 is 11.3. The van der Waals surface area contributed by atoms with E-state index in [1.54, 1.807) is 43.5 Å². The number of benzene rings is 2. The van der Waals surface area contributed by atoms with E-state index in [9.17, 15) is 4.79 Å². The molecule has 2 aromatic rings. The number of amides is 1. The number of thiocarbonyl (C=S) groups is 1. The largest absolute Gasteiger partial charge is 0.496 e. The Bertz CT molecular complexity index is 705. The summed E-state index contributed by atoms with van der Waals surface area (Å²) in [5.41, 5.74) is 2.02. The van der Waals surface area contributed by atoms with Gasteiger partial charge >= 0.3 is 0 Å². The summed E-state index contributed by atoms with van der Waals surface area (Å²) < 4.78 is 5.24. The van der Waals surface area contributed by atoms with E-state index in [2.05, 4.69) is 10.6 Å². The summed E-state index contributed by atoms with van der Waals surface area (Å²) in [5.74, 6) is 0.371. The molecule has 0 atom stereocenters. The highest BCUT2D eigenvalue weighted by Crippen LogP contribution is 2.29. The van der Waals surface area contributed by atoms with Gasteiger partial charge in [-0.1, -0.05) is 29.8 Å². The zero-order valence-electron chi connectivity index (χ0n) is 12.1. The summed E-state index contributed by atoms with van der Waals surface area (Å²) in [4.78, 5) is 12.0. The van der Waals surface area contributed by atoms with Crippen molar-refractivity contribution in [1.82, 2.24) is 5.32 Å². The Morgan fingerprint density at radius 2 is 1.91 bits per heavy atom. The minimum Gasteiger partial charge on any atom is -0.496 e. The lowest BCUT2D eigenvalue weighted by Gasteiger charge is -2.13. The van der Waals surface area contributed by atoms with Crippen LogP contribution in [0.25, 0.3) is 0 Å². The lowest BCUT2D eigenvalue weighted by Crippen LogP contribution is -2.34. The van der Waals surface area contributed by atoms with Gasteiger partial charge in [0.1, 0.15) is 5.75 Å². The van der Waals surface area contributed by atoms with Crippen molar-refractivity contribution in [3.05, 3.63) is 58.6 Å². The van der Waals surface area contributed by atoms with Gasteiger partial charge in [-0.2, -0.15) is 0 Å². The number of anilines is 1. The Morgan fingerprint density at radius 3 is 2.55 bits per heavy atom. The summed E-state index contributed by atoms with van der Waals surface area (Å²) in [6, 6.07) is 12.3. The number of halogens is 1. The van der Waals surface area contributed by atoms with Crippen molar-refractivity contribution in [3.8, 4) is 5.75 Å². The van der Waals surface area contributed by atoms with Gasteiger partial charge in [-0.3, -0.25) is 10.1 Å². The second kappa shape index (κ2) is 7.24. The van der Waals surface area contributed by atoms with Gasteiger partial charge in [0, 0.05) is 27.9 Å². The molecular formula is C16H15ClN2O2S. The molecule has 0 aliphatic carbocycles. The standard InChI is InChI=1S/C16H15ClN2O2S/c1-10-13(17)8-12(9-14(10)21-2)18-16(22)19-15(20)11-6-4-3-5-7-11/h3-9H,1-2H3,(H2,18,19,20,22). The molecule has 1 amide bonds. The topological polar surface area (TPSA) is 50.4 Å². The molecule has 114 valence electrons. The van der Waals surface area contributed by atoms with Crippen LogP contribution < -0.4 is 15.4 Å². The molecule has 0 fully saturated rings. The third-order valence-corrected chi connectivity index (χ3v) is 3.63. The predicted octanol–water partition coefficient (Wildman–Crippen LogP) is 3.78. The van der Waals surface area contributed by atoms with Gasteiger partial charge in [-0.15, -0.1) is 0 Å². The van der Waals surface area contributed by atoms with Gasteiger partial charge in [-0.05, 0) is 37.3 Å². The number of rotatable bonds is 3. The lowest BCUT2D eigenvalue weighted by atomic mass is 10.2. The van der Waals surface area contributed by atoms with Crippen LogP contribution in [-0.2, 0) is 0 Å². The minimum atomic E-state index is -0.275. The molecule has 0 radical (unpaired) electrons. The van der Waals surface area contributed by atoms with Gasteiger partial charge < -0.3 is 10.1 Å². The van der Waals surface area contributed by atoms with Crippen LogP contribution in [0, 0.1) is 6.92 Å². The molecule has 0 spiro atoms. The van der Waals surface area contributed by atoms with Gasteiger partial charge in [0.25, 0.3) is 5.91 Å². The summed E-state index contributed by atoms with van der Waals surface area (Å²) in [5, 5.41) is 6.28. The smallest absolute Gasteiger partial charge is 0.257 e. The molecule has 22 heavy (non-hydrogen) atoms. The number of methoxy groups -OCH3 is 1. The number of hydrogen-bond donors (Lipinski definition) is 2. The Labute approximate surface area is 139 Å². The van der Waals surface area contributed by atoms with Crippen molar-refractivity contribution < 1.29 is 9.53 Å². The van der Waals surface area contributed by atoms with Crippen molar-refractivity contribution in [3.63, 3.8) is 0 Å². The van der Waals surface area contributed by atoms with E-state index in [4.69, 9.17) is 28.6 Å². The molecule has 2 rings (SSSR count). The second-order valence-corrected chi connectivity index (χ2v) is 5.38. The van der Waals surface area contributed by atoms with Crippen LogP contribution in [0.2, 0.25) is 5.02 Å². The summed E-state index contributed by atoms with van der Waals surface area (Å²) in [6.07, 6.45) is 0. The first-order valence-corrected chi connectivity index (χ1v) is 7.31. The first kappa shape index (κ1) is 16.3. The van der Waals surface area contributed by atoms with Gasteiger partial charge in [0.2, 0.25) is 0 Å². The van der Waals surface area contributed by atoms with Crippen molar-refractivity contribution in [2.24, 2.45) is 0 Å². The van der Waals surface area contributed by atoms with Crippen LogP contribution in [0.5, 0.6) is 5.75 Å². The van der Waals surface area contributed by atoms with E-state index >= 15 is 0 Å². The normalized spacial score (nSPS) is 9.95. The molecule has 4 nitrogen and oxygen atoms in total. The Morgan fingerprint density at radius 1 is 1.23 bits per heavy atom. The monoisotopic (exact) mass is 334 g/mol. The fourth-order valence-corrected chi connectivity index (χ4v) is 2.29. The van der Waals surface area contributed by atoms with Crippen LogP contribution in [0.15, 0.2) is 42.5 Å². The predicted molar refractivity (Wildman–Crippen MR) is 92.9 cm³/mol. The molecule has 2 N–H and O–H groups in total. The zero-order chi connectivity index (χ0) is 16.1. The molecule has 0 saturated heterocycles. The second-order valence-electron chi connectivity index (χ2n) is 4.56. The van der Waals surface area contributed by atoms with Gasteiger partial charge in [0.15, 0.2) is 5.11 Å². The maximum atomic E-state index is 12.0. The SMILES string of the molecule is COc1cc(NC(=S)NC(=O)c2ccccc2)cc(Cl)c1C. The van der Waals surface area contributed by atoms with Crippen LogP contribution in [-0.4, -0.2) is 18.1 Å². The molecule has 0 aliphatic heterocycles. The van der Waals surface area contributed by atoms with E-state index in [1.165, 1.54) is 0 Å². The lowest BCUT2D eigenvalue weighted by molar-refractivity contribution is 0.0978. The maximum absolute atomic E-state index is 12.0. The Balaban J connectivity index is 2.06. The molecule has 6 heteroatoms. The van der Waals surface area contributed by atoms with Crippen LogP contribution >= 0.6 is 23.8 Å². The number of hydrogen-bond acceptors (Lipinski definition) is 3. The fourth-order valence-electron chi connectivity index (χ4n) is 1.86. The molecular weight excluding hydrogens is 320 g/mol. The maximum Gasteiger partial charge on any atom is 0.257 e. The van der Waals surface area contributed by atoms with E-state index in [0.717, 1.165) is 5.56 Å². The third-order valence-electron chi connectivity index (χ3n) is 3.04. The van der Waals surface area contributed by atoms with Crippen molar-refractivity contribution in [1.29, 1.82) is 0 Å². The Hall–Kier alpha value is -2.11. The number of carbonyl (C=O) groups excluding carboxylic acids is 1. The molecule has 0 aromatic heterocycles. The quantitative estimate of drug-likeness (QED) is 0.839. The van der Waals surface area contributed by atoms with Crippen molar-refractivity contribution >= 4 is 40.5 Å². The first-order valence-electron chi connectivity index (χ1n) is 6.52. The molecule has 0 saturated carbocycles. The minimum absolute atomic E-state index is 0.191. The van der Waals surface area contributed by atoms with E-state index < -0.39 is 0 Å². The van der Waals surface area contributed by atoms with Gasteiger partial charge in [-0.25, -0.2) is 0 Å². The van der Waals surface area contributed by atoms with E-state index in [0.29, 0.717) is 22.0 Å². The van der Waals surface area contributed by atoms with Crippen LogP contribution in [0.4, 0.5) is 5.69 Å². The highest BCUT2D eigenvalue weighted by Gasteiger charge is 2.10. The molecule has 2 aromatic carbocycles. The molecule has 0 bridgehead atoms. The molecule has 0 unspecified atom stereocenters. The Kier molecular flexibility index (Phi) is 5.35. The van der Waals surface area contributed by atoms with Gasteiger partial charge in [0.05, 0.1) is 7.11 Å². The first-order chi connectivity index (χ1) is 10.5. The average molecular weight is 335 g/mol. The fraction of sp³-hybridized carbons (Fsp3) is 0.125. The van der Waals surface area contributed by atoms with Crippen LogP contribution in [0.3, 0.4) is 0 Å². The third kappa shape index (κ3) is 3.96. The zero-order valence-corrected chi connectivity index (χ0v) is 13.7. The van der Waals surface area contributed by atoms with E-state index in [-0.39, 0.29) is 11.0 Å². The molecule has 0 heterocycles. The van der Waals surface area contributed by atoms with E-state index in [1.807, 2.05) is 13.0 Å². The van der Waals surface area contributed by atoms with Crippen molar-refractivity contribution in [2.45, 2.75) is 6.92 Å². The number of carbonyl (C=O) groups is 1. The average Bonchev–Trinajstić information content (AvgIpc) is 2.51. The van der Waals surface area contributed by atoms with Crippen LogP contribution in [0.1, 0.15) is 15.9 Å². The highest BCUT2D eigenvalue weighted by atomic mass is 35.5. The van der Waals surface area contributed by atoms with Crippen molar-refractivity contribution in [2.75, 3.05) is 12.4 Å². The summed E-state index contributed by atoms with van der Waals surface area (Å²) in [6.45, 7) is 1.86. The molecule has 0 aliphatic rings.